The van der Waals surface area contributed by atoms with Crippen molar-refractivity contribution in [2.24, 2.45) is 0 Å². The van der Waals surface area contributed by atoms with Crippen molar-refractivity contribution in [3.05, 3.63) is 59.7 Å². The van der Waals surface area contributed by atoms with Gasteiger partial charge in [-0.2, -0.15) is 0 Å². The zero-order valence-electron chi connectivity index (χ0n) is 12.0. The Labute approximate surface area is 112 Å². The van der Waals surface area contributed by atoms with Gasteiger partial charge in [0.25, 0.3) is 0 Å². The van der Waals surface area contributed by atoms with E-state index < -0.39 is 0 Å². The molecule has 1 atom stereocenters. The Kier molecular flexibility index (Phi) is 7.17. The van der Waals surface area contributed by atoms with Crippen LogP contribution in [0, 0.1) is 0 Å². The quantitative estimate of drug-likeness (QED) is 0.541. The highest BCUT2D eigenvalue weighted by molar-refractivity contribution is 5.26. The van der Waals surface area contributed by atoms with Gasteiger partial charge in [0.2, 0.25) is 0 Å². The molecule has 0 heteroatoms. The molecular formula is C18H26. The van der Waals surface area contributed by atoms with Gasteiger partial charge in [0.15, 0.2) is 0 Å². The molecule has 0 radical (unpaired) electrons. The summed E-state index contributed by atoms with van der Waals surface area (Å²) in [5.41, 5.74) is 2.86. The van der Waals surface area contributed by atoms with E-state index in [1.54, 1.807) is 0 Å². The van der Waals surface area contributed by atoms with E-state index in [9.17, 15) is 0 Å². The van der Waals surface area contributed by atoms with Gasteiger partial charge in [0.05, 0.1) is 0 Å². The van der Waals surface area contributed by atoms with Crippen LogP contribution in [0.5, 0.6) is 0 Å². The lowest BCUT2D eigenvalue weighted by Gasteiger charge is -2.10. The fraction of sp³-hybridized carbons (Fsp3) is 0.444. The van der Waals surface area contributed by atoms with E-state index in [0.29, 0.717) is 5.92 Å². The van der Waals surface area contributed by atoms with Crippen molar-refractivity contribution in [2.45, 2.75) is 52.4 Å². The van der Waals surface area contributed by atoms with Gasteiger partial charge in [-0.25, -0.2) is 0 Å². The second-order valence-corrected chi connectivity index (χ2v) is 4.90. The summed E-state index contributed by atoms with van der Waals surface area (Å²) >= 11 is 0. The third-order valence-corrected chi connectivity index (χ3v) is 3.24. The molecule has 0 aromatic heterocycles. The molecule has 0 saturated heterocycles. The van der Waals surface area contributed by atoms with E-state index in [1.807, 2.05) is 0 Å². The zero-order chi connectivity index (χ0) is 13.2. The topological polar surface area (TPSA) is 0 Å². The number of allylic oxidation sites excluding steroid dienone is 4. The maximum absolute atomic E-state index is 2.31. The Hall–Kier alpha value is -1.30. The minimum absolute atomic E-state index is 0.687. The first kappa shape index (κ1) is 14.8. The Morgan fingerprint density at radius 3 is 2.28 bits per heavy atom. The molecule has 0 aliphatic heterocycles. The van der Waals surface area contributed by atoms with Crippen molar-refractivity contribution in [3.63, 3.8) is 0 Å². The molecule has 0 bridgehead atoms. The van der Waals surface area contributed by atoms with Gasteiger partial charge in [-0.05, 0) is 36.3 Å². The van der Waals surface area contributed by atoms with Crippen LogP contribution in [-0.4, -0.2) is 0 Å². The molecule has 0 N–H and O–H groups in total. The van der Waals surface area contributed by atoms with E-state index in [-0.39, 0.29) is 0 Å². The van der Waals surface area contributed by atoms with E-state index >= 15 is 0 Å². The molecule has 0 amide bonds. The van der Waals surface area contributed by atoms with Gasteiger partial charge in [-0.15, -0.1) is 0 Å². The summed E-state index contributed by atoms with van der Waals surface area (Å²) < 4.78 is 0. The second kappa shape index (κ2) is 8.74. The molecule has 0 nitrogen and oxygen atoms in total. The van der Waals surface area contributed by atoms with E-state index in [0.717, 1.165) is 12.8 Å². The molecule has 1 unspecified atom stereocenters. The van der Waals surface area contributed by atoms with Gasteiger partial charge in [-0.1, -0.05) is 75.8 Å². The fourth-order valence-electron chi connectivity index (χ4n) is 2.08. The Balaban J connectivity index is 2.50. The monoisotopic (exact) mass is 242 g/mol. The van der Waals surface area contributed by atoms with Crippen molar-refractivity contribution in [3.8, 4) is 0 Å². The summed E-state index contributed by atoms with van der Waals surface area (Å²) in [6.45, 7) is 6.72. The van der Waals surface area contributed by atoms with E-state index in [2.05, 4.69) is 69.3 Å². The maximum atomic E-state index is 2.31. The minimum atomic E-state index is 0.687. The molecule has 18 heavy (non-hydrogen) atoms. The van der Waals surface area contributed by atoms with Gasteiger partial charge in [0.1, 0.15) is 0 Å². The molecule has 0 aliphatic rings. The lowest BCUT2D eigenvalue weighted by molar-refractivity contribution is 0.665. The molecule has 0 saturated carbocycles. The lowest BCUT2D eigenvalue weighted by atomic mass is 9.95. The lowest BCUT2D eigenvalue weighted by Crippen LogP contribution is -1.93. The minimum Gasteiger partial charge on any atom is -0.0848 e. The van der Waals surface area contributed by atoms with Crippen molar-refractivity contribution in [2.75, 3.05) is 0 Å². The molecule has 0 fully saturated rings. The zero-order valence-corrected chi connectivity index (χ0v) is 12.0. The number of hydrogen-bond acceptors (Lipinski definition) is 0. The summed E-state index contributed by atoms with van der Waals surface area (Å²) in [4.78, 5) is 0. The third kappa shape index (κ3) is 5.35. The van der Waals surface area contributed by atoms with Crippen LogP contribution in [0.3, 0.4) is 0 Å². The second-order valence-electron chi connectivity index (χ2n) is 4.90. The highest BCUT2D eigenvalue weighted by Gasteiger charge is 2.03. The van der Waals surface area contributed by atoms with E-state index in [1.165, 1.54) is 24.0 Å². The first-order valence-electron chi connectivity index (χ1n) is 7.18. The Bertz CT molecular complexity index is 368. The summed E-state index contributed by atoms with van der Waals surface area (Å²) in [5, 5.41) is 0. The molecule has 1 aromatic carbocycles. The fourth-order valence-corrected chi connectivity index (χ4v) is 2.08. The Morgan fingerprint density at radius 2 is 1.67 bits per heavy atom. The van der Waals surface area contributed by atoms with Crippen molar-refractivity contribution in [1.29, 1.82) is 0 Å². The first-order chi connectivity index (χ1) is 8.77. The molecular weight excluding hydrogens is 216 g/mol. The predicted molar refractivity (Wildman–Crippen MR) is 82.0 cm³/mol. The van der Waals surface area contributed by atoms with Crippen LogP contribution < -0.4 is 0 Å². The number of hydrogen-bond donors (Lipinski definition) is 0. The third-order valence-electron chi connectivity index (χ3n) is 3.24. The number of rotatable bonds is 7. The van der Waals surface area contributed by atoms with Crippen LogP contribution in [0.1, 0.15) is 57.1 Å². The van der Waals surface area contributed by atoms with Gasteiger partial charge >= 0.3 is 0 Å². The molecule has 0 heterocycles. The van der Waals surface area contributed by atoms with E-state index in [4.69, 9.17) is 0 Å². The van der Waals surface area contributed by atoms with Crippen LogP contribution in [0.25, 0.3) is 0 Å². The summed E-state index contributed by atoms with van der Waals surface area (Å²) in [6.07, 6.45) is 13.3. The van der Waals surface area contributed by atoms with Gasteiger partial charge in [0, 0.05) is 0 Å². The van der Waals surface area contributed by atoms with Crippen LogP contribution in [0.2, 0.25) is 0 Å². The van der Waals surface area contributed by atoms with Crippen LogP contribution in [0.15, 0.2) is 48.6 Å². The summed E-state index contributed by atoms with van der Waals surface area (Å²) in [5.74, 6) is 0.687. The first-order valence-corrected chi connectivity index (χ1v) is 7.18. The van der Waals surface area contributed by atoms with Gasteiger partial charge in [-0.3, -0.25) is 0 Å². The largest absolute Gasteiger partial charge is 0.0848 e. The van der Waals surface area contributed by atoms with Crippen molar-refractivity contribution < 1.29 is 0 Å². The maximum Gasteiger partial charge on any atom is -0.00943 e. The predicted octanol–water partition coefficient (Wildman–Crippen LogP) is 5.66. The molecule has 0 spiro atoms. The van der Waals surface area contributed by atoms with Crippen molar-refractivity contribution >= 4 is 0 Å². The summed E-state index contributed by atoms with van der Waals surface area (Å²) in [6, 6.07) is 9.08. The highest BCUT2D eigenvalue weighted by atomic mass is 14.1. The molecule has 1 aromatic rings. The van der Waals surface area contributed by atoms with Crippen LogP contribution in [-0.2, 0) is 6.42 Å². The van der Waals surface area contributed by atoms with Crippen LogP contribution >= 0.6 is 0 Å². The standard InChI is InChI=1S/C18H26/c1-4-6-7-8-9-11-17-12-14-18(15-13-17)16(3)10-5-2/h6-9,12-16H,4-5,10-11H2,1-3H3/b7-6-,9-8-. The SMILES string of the molecule is CC/C=C\C=C/Cc1ccc(C(C)CCC)cc1. The van der Waals surface area contributed by atoms with Crippen molar-refractivity contribution in [1.82, 2.24) is 0 Å². The molecule has 98 valence electrons. The number of benzene rings is 1. The average Bonchev–Trinajstić information content (AvgIpc) is 2.39. The van der Waals surface area contributed by atoms with Gasteiger partial charge < -0.3 is 0 Å². The molecule has 1 rings (SSSR count). The average molecular weight is 242 g/mol. The highest BCUT2D eigenvalue weighted by Crippen LogP contribution is 2.20. The van der Waals surface area contributed by atoms with Crippen LogP contribution in [0.4, 0.5) is 0 Å². The Morgan fingerprint density at radius 1 is 1.00 bits per heavy atom. The summed E-state index contributed by atoms with van der Waals surface area (Å²) in [7, 11) is 0. The molecule has 0 aliphatic carbocycles. The smallest absolute Gasteiger partial charge is 0.00943 e. The normalized spacial score (nSPS) is 13.5.